The predicted octanol–water partition coefficient (Wildman–Crippen LogP) is 3.36. The minimum absolute atomic E-state index is 0.0458. The molecule has 1 amide bonds. The van der Waals surface area contributed by atoms with Gasteiger partial charge in [0.05, 0.1) is 0 Å². The van der Waals surface area contributed by atoms with Gasteiger partial charge in [-0.2, -0.15) is 0 Å². The second kappa shape index (κ2) is 6.43. The Bertz CT molecular complexity index is 629. The lowest BCUT2D eigenvalue weighted by Gasteiger charge is -2.09. The standard InChI is InChI=1S/C15H15BrN2O2/c1-10-7-13(5-6-14(10)17)20-9-15(19)18-12-4-2-3-11(16)8-12/h2-8H,9,17H2,1H3,(H,18,19). The van der Waals surface area contributed by atoms with Crippen LogP contribution < -0.4 is 15.8 Å². The Morgan fingerprint density at radius 3 is 2.80 bits per heavy atom. The molecule has 0 aliphatic carbocycles. The third kappa shape index (κ3) is 3.99. The van der Waals surface area contributed by atoms with E-state index in [1.807, 2.05) is 37.3 Å². The minimum Gasteiger partial charge on any atom is -0.484 e. The minimum atomic E-state index is -0.211. The van der Waals surface area contributed by atoms with Gasteiger partial charge in [0.1, 0.15) is 5.75 Å². The van der Waals surface area contributed by atoms with Crippen molar-refractivity contribution in [3.63, 3.8) is 0 Å². The third-order valence-corrected chi connectivity index (χ3v) is 3.21. The Labute approximate surface area is 126 Å². The van der Waals surface area contributed by atoms with Crippen molar-refractivity contribution in [1.82, 2.24) is 0 Å². The van der Waals surface area contributed by atoms with Gasteiger partial charge in [0, 0.05) is 15.8 Å². The van der Waals surface area contributed by atoms with Gasteiger partial charge in [-0.05, 0) is 48.9 Å². The Hall–Kier alpha value is -2.01. The molecule has 2 aromatic carbocycles. The van der Waals surface area contributed by atoms with E-state index in [1.165, 1.54) is 0 Å². The maximum absolute atomic E-state index is 11.8. The summed E-state index contributed by atoms with van der Waals surface area (Å²) in [5.41, 5.74) is 8.08. The molecule has 2 rings (SSSR count). The molecule has 104 valence electrons. The number of hydrogen-bond acceptors (Lipinski definition) is 3. The van der Waals surface area contributed by atoms with Crippen LogP contribution in [0.3, 0.4) is 0 Å². The Morgan fingerprint density at radius 2 is 2.10 bits per heavy atom. The number of benzene rings is 2. The molecule has 0 fully saturated rings. The summed E-state index contributed by atoms with van der Waals surface area (Å²) in [6.45, 7) is 1.85. The van der Waals surface area contributed by atoms with Crippen molar-refractivity contribution in [2.45, 2.75) is 6.92 Å². The quantitative estimate of drug-likeness (QED) is 0.842. The van der Waals surface area contributed by atoms with Gasteiger partial charge in [0.25, 0.3) is 5.91 Å². The molecule has 0 aliphatic rings. The van der Waals surface area contributed by atoms with Gasteiger partial charge in [-0.15, -0.1) is 0 Å². The van der Waals surface area contributed by atoms with Gasteiger partial charge in [-0.25, -0.2) is 0 Å². The predicted molar refractivity (Wildman–Crippen MR) is 83.9 cm³/mol. The number of aryl methyl sites for hydroxylation is 1. The molecule has 0 heterocycles. The van der Waals surface area contributed by atoms with Crippen LogP contribution in [-0.2, 0) is 4.79 Å². The normalized spacial score (nSPS) is 10.1. The van der Waals surface area contributed by atoms with E-state index in [1.54, 1.807) is 12.1 Å². The molecule has 0 saturated heterocycles. The number of carbonyl (C=O) groups excluding carboxylic acids is 1. The van der Waals surface area contributed by atoms with E-state index in [0.29, 0.717) is 11.4 Å². The van der Waals surface area contributed by atoms with Crippen LogP contribution in [0.25, 0.3) is 0 Å². The summed E-state index contributed by atoms with van der Waals surface area (Å²) in [6, 6.07) is 12.7. The molecule has 0 atom stereocenters. The first-order chi connectivity index (χ1) is 9.54. The average Bonchev–Trinajstić information content (AvgIpc) is 2.40. The smallest absolute Gasteiger partial charge is 0.262 e. The van der Waals surface area contributed by atoms with Crippen molar-refractivity contribution in [1.29, 1.82) is 0 Å². The zero-order valence-corrected chi connectivity index (χ0v) is 12.6. The summed E-state index contributed by atoms with van der Waals surface area (Å²) >= 11 is 3.35. The van der Waals surface area contributed by atoms with Crippen molar-refractivity contribution in [2.24, 2.45) is 0 Å². The molecule has 0 aromatic heterocycles. The SMILES string of the molecule is Cc1cc(OCC(=O)Nc2cccc(Br)c2)ccc1N. The highest BCUT2D eigenvalue weighted by Gasteiger charge is 2.05. The lowest BCUT2D eigenvalue weighted by atomic mass is 10.2. The number of nitrogens with two attached hydrogens (primary N) is 1. The van der Waals surface area contributed by atoms with Crippen LogP contribution in [0.2, 0.25) is 0 Å². The van der Waals surface area contributed by atoms with E-state index in [0.717, 1.165) is 15.7 Å². The van der Waals surface area contributed by atoms with Gasteiger partial charge in [-0.1, -0.05) is 22.0 Å². The van der Waals surface area contributed by atoms with Crippen molar-refractivity contribution in [2.75, 3.05) is 17.7 Å². The van der Waals surface area contributed by atoms with E-state index in [4.69, 9.17) is 10.5 Å². The highest BCUT2D eigenvalue weighted by atomic mass is 79.9. The fraction of sp³-hybridized carbons (Fsp3) is 0.133. The summed E-state index contributed by atoms with van der Waals surface area (Å²) in [5.74, 6) is 0.415. The number of halogens is 1. The number of ether oxygens (including phenoxy) is 1. The van der Waals surface area contributed by atoms with E-state index < -0.39 is 0 Å². The van der Waals surface area contributed by atoms with Gasteiger partial charge in [-0.3, -0.25) is 4.79 Å². The van der Waals surface area contributed by atoms with Crippen LogP contribution in [0.4, 0.5) is 11.4 Å². The number of amides is 1. The van der Waals surface area contributed by atoms with Gasteiger partial charge < -0.3 is 15.8 Å². The summed E-state index contributed by atoms with van der Waals surface area (Å²) in [4.78, 5) is 11.8. The zero-order valence-electron chi connectivity index (χ0n) is 11.0. The molecule has 0 saturated carbocycles. The topological polar surface area (TPSA) is 64.3 Å². The highest BCUT2D eigenvalue weighted by molar-refractivity contribution is 9.10. The Morgan fingerprint density at radius 1 is 1.30 bits per heavy atom. The lowest BCUT2D eigenvalue weighted by molar-refractivity contribution is -0.118. The summed E-state index contributed by atoms with van der Waals surface area (Å²) in [7, 11) is 0. The van der Waals surface area contributed by atoms with Crippen LogP contribution in [0.15, 0.2) is 46.9 Å². The Balaban J connectivity index is 1.90. The molecule has 0 radical (unpaired) electrons. The van der Waals surface area contributed by atoms with Gasteiger partial charge >= 0.3 is 0 Å². The van der Waals surface area contributed by atoms with Gasteiger partial charge in [0.15, 0.2) is 6.61 Å². The molecule has 0 spiro atoms. The van der Waals surface area contributed by atoms with Crippen molar-refractivity contribution in [3.8, 4) is 5.75 Å². The van der Waals surface area contributed by atoms with E-state index >= 15 is 0 Å². The second-order valence-electron chi connectivity index (χ2n) is 4.37. The highest BCUT2D eigenvalue weighted by Crippen LogP contribution is 2.19. The molecule has 3 N–H and O–H groups in total. The van der Waals surface area contributed by atoms with Crippen molar-refractivity contribution in [3.05, 3.63) is 52.5 Å². The molecule has 0 bridgehead atoms. The fourth-order valence-electron chi connectivity index (χ4n) is 1.65. The van der Waals surface area contributed by atoms with E-state index in [-0.39, 0.29) is 12.5 Å². The number of nitrogen functional groups attached to an aromatic ring is 1. The van der Waals surface area contributed by atoms with Gasteiger partial charge in [0.2, 0.25) is 0 Å². The van der Waals surface area contributed by atoms with Crippen LogP contribution in [0.1, 0.15) is 5.56 Å². The molecule has 0 unspecified atom stereocenters. The van der Waals surface area contributed by atoms with Crippen LogP contribution in [0.5, 0.6) is 5.75 Å². The van der Waals surface area contributed by atoms with Crippen LogP contribution >= 0.6 is 15.9 Å². The number of hydrogen-bond donors (Lipinski definition) is 2. The first kappa shape index (κ1) is 14.4. The molecule has 0 aliphatic heterocycles. The molecule has 20 heavy (non-hydrogen) atoms. The molecular weight excluding hydrogens is 320 g/mol. The second-order valence-corrected chi connectivity index (χ2v) is 5.28. The zero-order chi connectivity index (χ0) is 14.5. The number of anilines is 2. The molecular formula is C15H15BrN2O2. The van der Waals surface area contributed by atoms with E-state index in [9.17, 15) is 4.79 Å². The first-order valence-corrected chi connectivity index (χ1v) is 6.88. The number of carbonyl (C=O) groups is 1. The van der Waals surface area contributed by atoms with Crippen LogP contribution in [0, 0.1) is 6.92 Å². The average molecular weight is 335 g/mol. The Kier molecular flexibility index (Phi) is 4.63. The number of nitrogens with one attached hydrogen (secondary N) is 1. The number of rotatable bonds is 4. The van der Waals surface area contributed by atoms with Crippen LogP contribution in [-0.4, -0.2) is 12.5 Å². The fourth-order valence-corrected chi connectivity index (χ4v) is 2.05. The third-order valence-electron chi connectivity index (χ3n) is 2.72. The summed E-state index contributed by atoms with van der Waals surface area (Å²) in [5, 5.41) is 2.76. The van der Waals surface area contributed by atoms with E-state index in [2.05, 4.69) is 21.2 Å². The van der Waals surface area contributed by atoms with Crippen molar-refractivity contribution < 1.29 is 9.53 Å². The molecule has 4 nitrogen and oxygen atoms in total. The maximum atomic E-state index is 11.8. The molecule has 2 aromatic rings. The van der Waals surface area contributed by atoms with Crippen molar-refractivity contribution >= 4 is 33.2 Å². The monoisotopic (exact) mass is 334 g/mol. The first-order valence-electron chi connectivity index (χ1n) is 6.09. The summed E-state index contributed by atoms with van der Waals surface area (Å²) in [6.07, 6.45) is 0. The largest absolute Gasteiger partial charge is 0.484 e. The lowest BCUT2D eigenvalue weighted by Crippen LogP contribution is -2.20. The molecule has 5 heteroatoms. The summed E-state index contributed by atoms with van der Waals surface area (Å²) < 4.78 is 6.33. The maximum Gasteiger partial charge on any atom is 0.262 e.